The molecular weight excluding hydrogens is 347 g/mol. The van der Waals surface area contributed by atoms with E-state index in [1.807, 2.05) is 19.1 Å². The molecule has 4 nitrogen and oxygen atoms in total. The summed E-state index contributed by atoms with van der Waals surface area (Å²) in [6, 6.07) is 11.0. The van der Waals surface area contributed by atoms with Gasteiger partial charge in [-0.25, -0.2) is 0 Å². The van der Waals surface area contributed by atoms with Gasteiger partial charge >= 0.3 is 0 Å². The van der Waals surface area contributed by atoms with Gasteiger partial charge in [-0.05, 0) is 63.2 Å². The van der Waals surface area contributed by atoms with Crippen molar-refractivity contribution in [3.8, 4) is 0 Å². The molecule has 130 valence electrons. The number of halogens is 2. The zero-order valence-electron chi connectivity index (χ0n) is 13.6. The summed E-state index contributed by atoms with van der Waals surface area (Å²) in [5.74, 6) is 1.70. The number of amides is 1. The van der Waals surface area contributed by atoms with Crippen molar-refractivity contribution in [2.45, 2.75) is 25.8 Å². The highest BCUT2D eigenvalue weighted by Crippen LogP contribution is 2.26. The van der Waals surface area contributed by atoms with Gasteiger partial charge in [-0.2, -0.15) is 0 Å². The number of furan rings is 1. The number of nitrogens with one attached hydrogen (secondary N) is 1. The van der Waals surface area contributed by atoms with Gasteiger partial charge in [0.05, 0.1) is 6.04 Å². The molecule has 1 fully saturated rings. The molecule has 0 saturated carbocycles. The third kappa shape index (κ3) is 4.53. The first-order valence-electron chi connectivity index (χ1n) is 7.97. The molecule has 1 N–H and O–H groups in total. The Bertz CT molecular complexity index is 681. The number of rotatable bonds is 5. The van der Waals surface area contributed by atoms with E-state index in [4.69, 9.17) is 16.0 Å². The van der Waals surface area contributed by atoms with Gasteiger partial charge < -0.3 is 9.73 Å². The molecule has 1 aliphatic rings. The summed E-state index contributed by atoms with van der Waals surface area (Å²) in [4.78, 5) is 14.7. The normalized spacial score (nSPS) is 15.8. The van der Waals surface area contributed by atoms with Crippen molar-refractivity contribution in [1.29, 1.82) is 0 Å². The van der Waals surface area contributed by atoms with Crippen molar-refractivity contribution < 1.29 is 9.21 Å². The molecule has 6 heteroatoms. The van der Waals surface area contributed by atoms with Gasteiger partial charge in [0.1, 0.15) is 11.5 Å². The van der Waals surface area contributed by atoms with Crippen LogP contribution in [-0.4, -0.2) is 30.4 Å². The Morgan fingerprint density at radius 1 is 1.29 bits per heavy atom. The molecule has 2 aromatic rings. The van der Waals surface area contributed by atoms with Gasteiger partial charge in [-0.15, -0.1) is 12.4 Å². The molecule has 0 radical (unpaired) electrons. The third-order valence-electron chi connectivity index (χ3n) is 4.21. The number of nitrogens with zero attached hydrogens (tertiary/aromatic N) is 1. The number of hydrogen-bond donors (Lipinski definition) is 1. The fourth-order valence-electron chi connectivity index (χ4n) is 3.02. The fourth-order valence-corrected chi connectivity index (χ4v) is 3.21. The SMILES string of the molecule is Cc1ccc(C(CNC(=O)c2cccc(Cl)c2)N2CCCC2)o1.Cl. The second kappa shape index (κ2) is 8.56. The number of carbonyl (C=O) groups excluding carboxylic acids is 1. The average molecular weight is 369 g/mol. The van der Waals surface area contributed by atoms with Crippen LogP contribution in [0, 0.1) is 6.92 Å². The molecule has 1 unspecified atom stereocenters. The van der Waals surface area contributed by atoms with E-state index in [1.165, 1.54) is 12.8 Å². The quantitative estimate of drug-likeness (QED) is 0.858. The standard InChI is InChI=1S/C18H21ClN2O2.ClH/c1-13-7-8-17(23-13)16(21-9-2-3-10-21)12-20-18(22)14-5-4-6-15(19)11-14;/h4-8,11,16H,2-3,9-10,12H2,1H3,(H,20,22);1H. The van der Waals surface area contributed by atoms with Crippen molar-refractivity contribution in [1.82, 2.24) is 10.2 Å². The largest absolute Gasteiger partial charge is 0.465 e. The van der Waals surface area contributed by atoms with Crippen LogP contribution in [0.5, 0.6) is 0 Å². The van der Waals surface area contributed by atoms with Gasteiger partial charge in [0.25, 0.3) is 5.91 Å². The van der Waals surface area contributed by atoms with Crippen molar-refractivity contribution in [3.05, 3.63) is 58.5 Å². The molecule has 1 aromatic carbocycles. The van der Waals surface area contributed by atoms with Gasteiger partial charge in [0.15, 0.2) is 0 Å². The molecule has 2 heterocycles. The Labute approximate surface area is 153 Å². The molecule has 1 amide bonds. The van der Waals surface area contributed by atoms with E-state index < -0.39 is 0 Å². The predicted octanol–water partition coefficient (Wildman–Crippen LogP) is 4.23. The first-order valence-corrected chi connectivity index (χ1v) is 8.35. The summed E-state index contributed by atoms with van der Waals surface area (Å²) in [6.07, 6.45) is 2.39. The van der Waals surface area contributed by atoms with Crippen LogP contribution in [0.3, 0.4) is 0 Å². The summed E-state index contributed by atoms with van der Waals surface area (Å²) in [6.45, 7) is 4.54. The monoisotopic (exact) mass is 368 g/mol. The molecule has 24 heavy (non-hydrogen) atoms. The number of likely N-dealkylation sites (tertiary alicyclic amines) is 1. The topological polar surface area (TPSA) is 45.5 Å². The first kappa shape index (κ1) is 18.8. The Kier molecular flexibility index (Phi) is 6.72. The maximum absolute atomic E-state index is 12.3. The Balaban J connectivity index is 0.00000208. The lowest BCUT2D eigenvalue weighted by Crippen LogP contribution is -2.36. The third-order valence-corrected chi connectivity index (χ3v) is 4.45. The van der Waals surface area contributed by atoms with Crippen molar-refractivity contribution in [2.75, 3.05) is 19.6 Å². The van der Waals surface area contributed by atoms with Gasteiger partial charge in [-0.1, -0.05) is 17.7 Å². The Hall–Kier alpha value is -1.49. The highest BCUT2D eigenvalue weighted by atomic mass is 35.5. The van der Waals surface area contributed by atoms with E-state index >= 15 is 0 Å². The van der Waals surface area contributed by atoms with Gasteiger partial charge in [-0.3, -0.25) is 9.69 Å². The number of hydrogen-bond acceptors (Lipinski definition) is 3. The molecule has 0 aliphatic carbocycles. The number of benzene rings is 1. The van der Waals surface area contributed by atoms with Crippen LogP contribution in [0.4, 0.5) is 0 Å². The van der Waals surface area contributed by atoms with E-state index in [0.717, 1.165) is 24.6 Å². The molecule has 1 aliphatic heterocycles. The lowest BCUT2D eigenvalue weighted by Gasteiger charge is -2.26. The molecule has 1 saturated heterocycles. The summed E-state index contributed by atoms with van der Waals surface area (Å²) in [7, 11) is 0. The van der Waals surface area contributed by atoms with E-state index in [1.54, 1.807) is 24.3 Å². The minimum atomic E-state index is -0.111. The smallest absolute Gasteiger partial charge is 0.251 e. The number of carbonyl (C=O) groups is 1. The second-order valence-corrected chi connectivity index (χ2v) is 6.36. The van der Waals surface area contributed by atoms with E-state index in [9.17, 15) is 4.79 Å². The van der Waals surface area contributed by atoms with Crippen LogP contribution in [-0.2, 0) is 0 Å². The first-order chi connectivity index (χ1) is 11.1. The lowest BCUT2D eigenvalue weighted by atomic mass is 10.1. The fraction of sp³-hybridized carbons (Fsp3) is 0.389. The zero-order chi connectivity index (χ0) is 16.2. The van der Waals surface area contributed by atoms with E-state index in [0.29, 0.717) is 17.1 Å². The van der Waals surface area contributed by atoms with Crippen LogP contribution in [0.15, 0.2) is 40.8 Å². The van der Waals surface area contributed by atoms with Crippen LogP contribution >= 0.6 is 24.0 Å². The highest BCUT2D eigenvalue weighted by molar-refractivity contribution is 6.30. The molecule has 0 bridgehead atoms. The zero-order valence-corrected chi connectivity index (χ0v) is 15.2. The summed E-state index contributed by atoms with van der Waals surface area (Å²) in [5.41, 5.74) is 0.577. The molecular formula is C18H22Cl2N2O2. The van der Waals surface area contributed by atoms with Crippen molar-refractivity contribution >= 4 is 29.9 Å². The maximum Gasteiger partial charge on any atom is 0.251 e. The molecule has 1 atom stereocenters. The maximum atomic E-state index is 12.3. The summed E-state index contributed by atoms with van der Waals surface area (Å²) in [5, 5.41) is 3.58. The lowest BCUT2D eigenvalue weighted by molar-refractivity contribution is 0.0933. The van der Waals surface area contributed by atoms with Crippen LogP contribution < -0.4 is 5.32 Å². The highest BCUT2D eigenvalue weighted by Gasteiger charge is 2.26. The minimum Gasteiger partial charge on any atom is -0.465 e. The molecule has 3 rings (SSSR count). The Morgan fingerprint density at radius 2 is 2.04 bits per heavy atom. The molecule has 1 aromatic heterocycles. The van der Waals surface area contributed by atoms with Crippen molar-refractivity contribution in [3.63, 3.8) is 0 Å². The summed E-state index contributed by atoms with van der Waals surface area (Å²) >= 11 is 5.95. The summed E-state index contributed by atoms with van der Waals surface area (Å²) < 4.78 is 5.80. The number of aryl methyl sites for hydroxylation is 1. The van der Waals surface area contributed by atoms with E-state index in [-0.39, 0.29) is 24.4 Å². The average Bonchev–Trinajstić information content (AvgIpc) is 3.20. The van der Waals surface area contributed by atoms with E-state index in [2.05, 4.69) is 10.2 Å². The van der Waals surface area contributed by atoms with Gasteiger partial charge in [0.2, 0.25) is 0 Å². The van der Waals surface area contributed by atoms with Crippen molar-refractivity contribution in [2.24, 2.45) is 0 Å². The van der Waals surface area contributed by atoms with Crippen LogP contribution in [0.25, 0.3) is 0 Å². The van der Waals surface area contributed by atoms with Gasteiger partial charge in [0, 0.05) is 17.1 Å². The Morgan fingerprint density at radius 3 is 2.67 bits per heavy atom. The predicted molar refractivity (Wildman–Crippen MR) is 98.0 cm³/mol. The van der Waals surface area contributed by atoms with Crippen LogP contribution in [0.2, 0.25) is 5.02 Å². The second-order valence-electron chi connectivity index (χ2n) is 5.93. The molecule has 0 spiro atoms. The van der Waals surface area contributed by atoms with Crippen LogP contribution in [0.1, 0.15) is 40.8 Å². The minimum absolute atomic E-state index is 0.